The molecule has 0 heterocycles. The summed E-state index contributed by atoms with van der Waals surface area (Å²) in [5.74, 6) is -0.662. The molecule has 0 aliphatic carbocycles. The van der Waals surface area contributed by atoms with E-state index in [1.165, 1.54) is 0 Å². The van der Waals surface area contributed by atoms with Gasteiger partial charge >= 0.3 is 5.97 Å². The van der Waals surface area contributed by atoms with Crippen LogP contribution in [0.15, 0.2) is 24.3 Å². The summed E-state index contributed by atoms with van der Waals surface area (Å²) in [5, 5.41) is 19.2. The molecule has 94 valence electrons. The van der Waals surface area contributed by atoms with Gasteiger partial charge in [0.1, 0.15) is 0 Å². The van der Waals surface area contributed by atoms with Gasteiger partial charge in [-0.15, -0.1) is 0 Å². The van der Waals surface area contributed by atoms with Crippen LogP contribution in [0.4, 0.5) is 0 Å². The third-order valence-corrected chi connectivity index (χ3v) is 2.37. The monoisotopic (exact) mass is 238 g/mol. The van der Waals surface area contributed by atoms with Crippen LogP contribution in [0.3, 0.4) is 0 Å². The maximum atomic E-state index is 11.4. The standard InChI is InChI=1S/C13H18O4/c1-3-17-13(16)12(15)11-7-5-4-6-10(11)8-9(2)14/h4-7,9,12,14-15H,3,8H2,1-2H3. The first-order valence-corrected chi connectivity index (χ1v) is 5.66. The minimum Gasteiger partial charge on any atom is -0.464 e. The molecule has 1 aromatic rings. The molecule has 0 saturated carbocycles. The maximum absolute atomic E-state index is 11.4. The Kier molecular flexibility index (Phi) is 5.12. The highest BCUT2D eigenvalue weighted by Gasteiger charge is 2.21. The third-order valence-electron chi connectivity index (χ3n) is 2.37. The lowest BCUT2D eigenvalue weighted by Crippen LogP contribution is -2.18. The van der Waals surface area contributed by atoms with E-state index in [1.54, 1.807) is 38.1 Å². The predicted molar refractivity (Wildman–Crippen MR) is 63.4 cm³/mol. The summed E-state index contributed by atoms with van der Waals surface area (Å²) in [7, 11) is 0. The molecule has 0 aliphatic heterocycles. The molecule has 17 heavy (non-hydrogen) atoms. The molecule has 0 aliphatic rings. The lowest BCUT2D eigenvalue weighted by atomic mass is 9.98. The quantitative estimate of drug-likeness (QED) is 0.757. The maximum Gasteiger partial charge on any atom is 0.339 e. The number of carbonyl (C=O) groups is 1. The Hall–Kier alpha value is -1.39. The molecule has 4 heteroatoms. The zero-order valence-corrected chi connectivity index (χ0v) is 10.1. The van der Waals surface area contributed by atoms with Gasteiger partial charge < -0.3 is 14.9 Å². The van der Waals surface area contributed by atoms with Crippen molar-refractivity contribution in [3.05, 3.63) is 35.4 Å². The molecular weight excluding hydrogens is 220 g/mol. The Labute approximate surface area is 101 Å². The normalized spacial score (nSPS) is 14.1. The van der Waals surface area contributed by atoms with Gasteiger partial charge in [-0.2, -0.15) is 0 Å². The Balaban J connectivity index is 2.92. The first-order valence-electron chi connectivity index (χ1n) is 5.66. The molecule has 2 unspecified atom stereocenters. The van der Waals surface area contributed by atoms with Gasteiger partial charge in [-0.3, -0.25) is 0 Å². The summed E-state index contributed by atoms with van der Waals surface area (Å²) < 4.78 is 4.77. The molecule has 0 fully saturated rings. The lowest BCUT2D eigenvalue weighted by Gasteiger charge is -2.15. The highest BCUT2D eigenvalue weighted by Crippen LogP contribution is 2.20. The van der Waals surface area contributed by atoms with Gasteiger partial charge in [0.05, 0.1) is 12.7 Å². The summed E-state index contributed by atoms with van der Waals surface area (Å²) in [6, 6.07) is 6.99. The highest BCUT2D eigenvalue weighted by molar-refractivity contribution is 5.76. The van der Waals surface area contributed by atoms with Crippen molar-refractivity contribution in [3.8, 4) is 0 Å². The highest BCUT2D eigenvalue weighted by atomic mass is 16.5. The van der Waals surface area contributed by atoms with Crippen molar-refractivity contribution < 1.29 is 19.7 Å². The Morgan fingerprint density at radius 3 is 2.59 bits per heavy atom. The van der Waals surface area contributed by atoms with E-state index in [1.807, 2.05) is 0 Å². The van der Waals surface area contributed by atoms with Gasteiger partial charge in [0.15, 0.2) is 6.10 Å². The summed E-state index contributed by atoms with van der Waals surface area (Å²) in [5.41, 5.74) is 1.25. The molecule has 2 atom stereocenters. The van der Waals surface area contributed by atoms with E-state index in [0.29, 0.717) is 12.0 Å². The Morgan fingerprint density at radius 2 is 2.00 bits per heavy atom. The summed E-state index contributed by atoms with van der Waals surface area (Å²) >= 11 is 0. The number of rotatable bonds is 5. The molecule has 0 spiro atoms. The Bertz CT molecular complexity index is 373. The van der Waals surface area contributed by atoms with Crippen molar-refractivity contribution in [2.45, 2.75) is 32.5 Å². The number of aliphatic hydroxyl groups is 2. The van der Waals surface area contributed by atoms with Crippen LogP contribution in [0.1, 0.15) is 31.1 Å². The predicted octanol–water partition coefficient (Wildman–Crippen LogP) is 1.21. The van der Waals surface area contributed by atoms with Crippen LogP contribution in [0, 0.1) is 0 Å². The first kappa shape index (κ1) is 13.7. The minimum absolute atomic E-state index is 0.231. The molecule has 0 aromatic heterocycles. The number of carbonyl (C=O) groups excluding carboxylic acids is 1. The van der Waals surface area contributed by atoms with Gasteiger partial charge in [-0.1, -0.05) is 24.3 Å². The zero-order chi connectivity index (χ0) is 12.8. The number of esters is 1. The second-order valence-corrected chi connectivity index (χ2v) is 3.91. The van der Waals surface area contributed by atoms with Crippen LogP contribution in [0.2, 0.25) is 0 Å². The topological polar surface area (TPSA) is 66.8 Å². The molecule has 1 aromatic carbocycles. The second-order valence-electron chi connectivity index (χ2n) is 3.91. The SMILES string of the molecule is CCOC(=O)C(O)c1ccccc1CC(C)O. The summed E-state index contributed by atoms with van der Waals surface area (Å²) in [4.78, 5) is 11.4. The lowest BCUT2D eigenvalue weighted by molar-refractivity contribution is -0.153. The molecule has 0 saturated heterocycles. The average molecular weight is 238 g/mol. The molecule has 1 rings (SSSR count). The van der Waals surface area contributed by atoms with Crippen molar-refractivity contribution in [2.24, 2.45) is 0 Å². The van der Waals surface area contributed by atoms with Gasteiger partial charge in [-0.25, -0.2) is 4.79 Å². The van der Waals surface area contributed by atoms with Gasteiger partial charge in [-0.05, 0) is 31.4 Å². The number of hydrogen-bond acceptors (Lipinski definition) is 4. The van der Waals surface area contributed by atoms with Crippen LogP contribution in [-0.2, 0) is 16.0 Å². The van der Waals surface area contributed by atoms with Gasteiger partial charge in [0.25, 0.3) is 0 Å². The first-order chi connectivity index (χ1) is 8.06. The molecular formula is C13H18O4. The van der Waals surface area contributed by atoms with Crippen molar-refractivity contribution in [3.63, 3.8) is 0 Å². The van der Waals surface area contributed by atoms with Crippen LogP contribution in [0.5, 0.6) is 0 Å². The third kappa shape index (κ3) is 3.84. The van der Waals surface area contributed by atoms with Gasteiger partial charge in [0.2, 0.25) is 0 Å². The van der Waals surface area contributed by atoms with Crippen LogP contribution in [0.25, 0.3) is 0 Å². The van der Waals surface area contributed by atoms with Crippen LogP contribution < -0.4 is 0 Å². The van der Waals surface area contributed by atoms with E-state index >= 15 is 0 Å². The average Bonchev–Trinajstić information content (AvgIpc) is 2.28. The second kappa shape index (κ2) is 6.37. The van der Waals surface area contributed by atoms with Crippen LogP contribution in [-0.4, -0.2) is 28.9 Å². The fourth-order valence-electron chi connectivity index (χ4n) is 1.65. The number of aliphatic hydroxyl groups excluding tert-OH is 2. The Morgan fingerprint density at radius 1 is 1.35 bits per heavy atom. The van der Waals surface area contributed by atoms with Crippen molar-refractivity contribution in [2.75, 3.05) is 6.61 Å². The molecule has 4 nitrogen and oxygen atoms in total. The smallest absolute Gasteiger partial charge is 0.339 e. The minimum atomic E-state index is -1.29. The van der Waals surface area contributed by atoms with E-state index in [9.17, 15) is 15.0 Å². The van der Waals surface area contributed by atoms with E-state index in [2.05, 4.69) is 0 Å². The zero-order valence-electron chi connectivity index (χ0n) is 10.1. The van der Waals surface area contributed by atoms with E-state index in [0.717, 1.165) is 5.56 Å². The van der Waals surface area contributed by atoms with E-state index in [-0.39, 0.29) is 6.61 Å². The van der Waals surface area contributed by atoms with Crippen molar-refractivity contribution in [1.82, 2.24) is 0 Å². The van der Waals surface area contributed by atoms with Crippen molar-refractivity contribution in [1.29, 1.82) is 0 Å². The van der Waals surface area contributed by atoms with Crippen molar-refractivity contribution >= 4 is 5.97 Å². The number of ether oxygens (including phenoxy) is 1. The molecule has 0 amide bonds. The molecule has 0 radical (unpaired) electrons. The molecule has 0 bridgehead atoms. The summed E-state index contributed by atoms with van der Waals surface area (Å²) in [6.07, 6.45) is -1.41. The van der Waals surface area contributed by atoms with E-state index in [4.69, 9.17) is 4.74 Å². The van der Waals surface area contributed by atoms with Crippen LogP contribution >= 0.6 is 0 Å². The molecule has 2 N–H and O–H groups in total. The van der Waals surface area contributed by atoms with E-state index < -0.39 is 18.2 Å². The van der Waals surface area contributed by atoms with Gasteiger partial charge in [0, 0.05) is 0 Å². The largest absolute Gasteiger partial charge is 0.464 e. The fourth-order valence-corrected chi connectivity index (χ4v) is 1.65. The summed E-state index contributed by atoms with van der Waals surface area (Å²) in [6.45, 7) is 3.58. The number of hydrogen-bond donors (Lipinski definition) is 2. The number of benzene rings is 1. The fraction of sp³-hybridized carbons (Fsp3) is 0.462.